The van der Waals surface area contributed by atoms with Gasteiger partial charge in [-0.15, -0.1) is 0 Å². The van der Waals surface area contributed by atoms with Crippen molar-refractivity contribution in [1.82, 2.24) is 19.6 Å². The van der Waals surface area contributed by atoms with E-state index in [1.807, 2.05) is 4.90 Å². The molecule has 0 atom stereocenters. The largest absolute Gasteiger partial charge is 0.468 e. The number of amides is 2. The molecule has 0 saturated carbocycles. The lowest BCUT2D eigenvalue weighted by Gasteiger charge is -2.35. The summed E-state index contributed by atoms with van der Waals surface area (Å²) in [5, 5.41) is 0. The van der Waals surface area contributed by atoms with Crippen LogP contribution in [-0.2, 0) is 19.1 Å². The molecular weight excluding hydrogens is 340 g/mol. The van der Waals surface area contributed by atoms with Gasteiger partial charge in [-0.05, 0) is 19.9 Å². The first-order valence-corrected chi connectivity index (χ1v) is 9.24. The van der Waals surface area contributed by atoms with E-state index in [4.69, 9.17) is 9.47 Å². The highest BCUT2D eigenvalue weighted by atomic mass is 16.6. The molecule has 0 aliphatic carbocycles. The fraction of sp³-hybridized carbons (Fsp3) is 0.824. The van der Waals surface area contributed by atoms with Crippen molar-refractivity contribution in [2.75, 3.05) is 79.2 Å². The number of hydrogen-bond donors (Lipinski definition) is 0. The monoisotopic (exact) mass is 370 g/mol. The van der Waals surface area contributed by atoms with Gasteiger partial charge in [0.05, 0.1) is 26.8 Å². The molecule has 0 aromatic carbocycles. The Morgan fingerprint density at radius 2 is 1.38 bits per heavy atom. The van der Waals surface area contributed by atoms with Crippen LogP contribution in [0.3, 0.4) is 0 Å². The first kappa shape index (κ1) is 20.4. The number of ether oxygens (including phenoxy) is 2. The van der Waals surface area contributed by atoms with Gasteiger partial charge in [0.2, 0.25) is 5.91 Å². The fourth-order valence-electron chi connectivity index (χ4n) is 3.23. The third-order valence-electron chi connectivity index (χ3n) is 4.78. The summed E-state index contributed by atoms with van der Waals surface area (Å²) in [6, 6.07) is 0. The fourth-order valence-corrected chi connectivity index (χ4v) is 3.23. The van der Waals surface area contributed by atoms with Crippen LogP contribution in [0, 0.1) is 0 Å². The molecule has 2 fully saturated rings. The Labute approximate surface area is 154 Å². The number of carbonyl (C=O) groups excluding carboxylic acids is 3. The minimum Gasteiger partial charge on any atom is -0.468 e. The zero-order chi connectivity index (χ0) is 18.9. The third kappa shape index (κ3) is 6.14. The van der Waals surface area contributed by atoms with Gasteiger partial charge in [-0.1, -0.05) is 0 Å². The van der Waals surface area contributed by atoms with Crippen LogP contribution in [0.25, 0.3) is 0 Å². The SMILES string of the molecule is CCOC(=O)N1CCN(C(=O)CN2CCCN(CC(=O)OC)CC2)CC1. The number of carbonyl (C=O) groups is 3. The third-order valence-corrected chi connectivity index (χ3v) is 4.78. The maximum atomic E-state index is 12.5. The second-order valence-corrected chi connectivity index (χ2v) is 6.55. The van der Waals surface area contributed by atoms with Crippen molar-refractivity contribution in [2.45, 2.75) is 13.3 Å². The van der Waals surface area contributed by atoms with Gasteiger partial charge in [0, 0.05) is 45.8 Å². The molecule has 2 amide bonds. The van der Waals surface area contributed by atoms with Gasteiger partial charge in [0.25, 0.3) is 0 Å². The summed E-state index contributed by atoms with van der Waals surface area (Å²) in [6.45, 7) is 8.11. The minimum absolute atomic E-state index is 0.0925. The molecule has 0 radical (unpaired) electrons. The van der Waals surface area contributed by atoms with Gasteiger partial charge in [-0.2, -0.15) is 0 Å². The average Bonchev–Trinajstić information content (AvgIpc) is 2.87. The van der Waals surface area contributed by atoms with Gasteiger partial charge in [0.15, 0.2) is 0 Å². The minimum atomic E-state index is -0.308. The Hall–Kier alpha value is -1.87. The number of methoxy groups -OCH3 is 1. The highest BCUT2D eigenvalue weighted by molar-refractivity contribution is 5.78. The predicted octanol–water partition coefficient (Wildman–Crippen LogP) is -0.532. The molecular formula is C17H30N4O5. The molecule has 26 heavy (non-hydrogen) atoms. The first-order valence-electron chi connectivity index (χ1n) is 9.24. The molecule has 2 saturated heterocycles. The first-order chi connectivity index (χ1) is 12.5. The topological polar surface area (TPSA) is 82.6 Å². The molecule has 0 N–H and O–H groups in total. The van der Waals surface area contributed by atoms with E-state index in [0.717, 1.165) is 32.6 Å². The van der Waals surface area contributed by atoms with Crippen LogP contribution in [0.15, 0.2) is 0 Å². The van der Waals surface area contributed by atoms with Crippen molar-refractivity contribution in [3.63, 3.8) is 0 Å². The van der Waals surface area contributed by atoms with Crippen LogP contribution in [0.2, 0.25) is 0 Å². The molecule has 2 aliphatic rings. The zero-order valence-corrected chi connectivity index (χ0v) is 15.8. The average molecular weight is 370 g/mol. The summed E-state index contributed by atoms with van der Waals surface area (Å²) in [5.41, 5.74) is 0. The summed E-state index contributed by atoms with van der Waals surface area (Å²) in [4.78, 5) is 43.3. The Morgan fingerprint density at radius 3 is 1.96 bits per heavy atom. The summed E-state index contributed by atoms with van der Waals surface area (Å²) in [6.07, 6.45) is 0.610. The number of nitrogens with zero attached hydrogens (tertiary/aromatic N) is 4. The molecule has 0 aromatic rings. The van der Waals surface area contributed by atoms with E-state index < -0.39 is 0 Å². The van der Waals surface area contributed by atoms with Crippen LogP contribution in [0.1, 0.15) is 13.3 Å². The quantitative estimate of drug-likeness (QED) is 0.602. The highest BCUT2D eigenvalue weighted by Gasteiger charge is 2.26. The normalized spacial score (nSPS) is 19.8. The molecule has 9 nitrogen and oxygen atoms in total. The van der Waals surface area contributed by atoms with E-state index >= 15 is 0 Å². The molecule has 0 spiro atoms. The summed E-state index contributed by atoms with van der Waals surface area (Å²) < 4.78 is 9.71. The standard InChI is InChI=1S/C17H30N4O5/c1-3-26-17(24)21-11-9-20(10-12-21)15(22)13-18-5-4-6-19(8-7-18)14-16(23)25-2/h3-14H2,1-2H3. The van der Waals surface area contributed by atoms with E-state index in [0.29, 0.717) is 45.9 Å². The summed E-state index contributed by atoms with van der Waals surface area (Å²) in [7, 11) is 1.40. The Bertz CT molecular complexity index is 494. The van der Waals surface area contributed by atoms with Crippen molar-refractivity contribution < 1.29 is 23.9 Å². The maximum Gasteiger partial charge on any atom is 0.409 e. The lowest BCUT2D eigenvalue weighted by atomic mass is 10.3. The van der Waals surface area contributed by atoms with E-state index in [9.17, 15) is 14.4 Å². The molecule has 148 valence electrons. The Kier molecular flexibility index (Phi) is 8.11. The van der Waals surface area contributed by atoms with Gasteiger partial charge < -0.3 is 19.3 Å². The Morgan fingerprint density at radius 1 is 0.808 bits per heavy atom. The second kappa shape index (κ2) is 10.3. The van der Waals surface area contributed by atoms with Crippen LogP contribution in [0.4, 0.5) is 4.79 Å². The van der Waals surface area contributed by atoms with Crippen molar-refractivity contribution in [2.24, 2.45) is 0 Å². The molecule has 0 bridgehead atoms. The molecule has 2 rings (SSSR count). The van der Waals surface area contributed by atoms with Crippen molar-refractivity contribution >= 4 is 18.0 Å². The van der Waals surface area contributed by atoms with Gasteiger partial charge in [0.1, 0.15) is 0 Å². The maximum absolute atomic E-state index is 12.5. The molecule has 2 aliphatic heterocycles. The number of hydrogen-bond acceptors (Lipinski definition) is 7. The van der Waals surface area contributed by atoms with Crippen molar-refractivity contribution in [3.8, 4) is 0 Å². The lowest BCUT2D eigenvalue weighted by molar-refractivity contribution is -0.142. The second-order valence-electron chi connectivity index (χ2n) is 6.55. The zero-order valence-electron chi connectivity index (χ0n) is 15.8. The molecule has 0 unspecified atom stereocenters. The van der Waals surface area contributed by atoms with Crippen LogP contribution in [0.5, 0.6) is 0 Å². The molecule has 9 heteroatoms. The van der Waals surface area contributed by atoms with Crippen molar-refractivity contribution in [1.29, 1.82) is 0 Å². The smallest absolute Gasteiger partial charge is 0.409 e. The Balaban J connectivity index is 1.73. The van der Waals surface area contributed by atoms with Gasteiger partial charge in [-0.25, -0.2) is 4.79 Å². The van der Waals surface area contributed by atoms with Crippen molar-refractivity contribution in [3.05, 3.63) is 0 Å². The summed E-state index contributed by atoms with van der Waals surface area (Å²) >= 11 is 0. The molecule has 2 heterocycles. The van der Waals surface area contributed by atoms with Crippen LogP contribution < -0.4 is 0 Å². The van der Waals surface area contributed by atoms with Gasteiger partial charge in [-0.3, -0.25) is 19.4 Å². The van der Waals surface area contributed by atoms with E-state index in [1.165, 1.54) is 7.11 Å². The van der Waals surface area contributed by atoms with Crippen LogP contribution >= 0.6 is 0 Å². The van der Waals surface area contributed by atoms with E-state index in [-0.39, 0.29) is 18.0 Å². The number of esters is 1. The van der Waals surface area contributed by atoms with E-state index in [1.54, 1.807) is 11.8 Å². The summed E-state index contributed by atoms with van der Waals surface area (Å²) in [5.74, 6) is -0.135. The number of rotatable bonds is 5. The predicted molar refractivity (Wildman–Crippen MR) is 94.7 cm³/mol. The molecule has 0 aromatic heterocycles. The number of piperazine rings is 1. The highest BCUT2D eigenvalue weighted by Crippen LogP contribution is 2.07. The van der Waals surface area contributed by atoms with E-state index in [2.05, 4.69) is 9.80 Å². The lowest BCUT2D eigenvalue weighted by Crippen LogP contribution is -2.53. The van der Waals surface area contributed by atoms with Crippen LogP contribution in [-0.4, -0.2) is 117 Å². The van der Waals surface area contributed by atoms with Gasteiger partial charge >= 0.3 is 12.1 Å².